The van der Waals surface area contributed by atoms with E-state index in [0.717, 1.165) is 32.5 Å². The van der Waals surface area contributed by atoms with Crippen LogP contribution in [0.3, 0.4) is 0 Å². The van der Waals surface area contributed by atoms with Crippen molar-refractivity contribution in [2.24, 2.45) is 0 Å². The molecule has 0 bridgehead atoms. The minimum absolute atomic E-state index is 0.192. The van der Waals surface area contributed by atoms with Gasteiger partial charge in [0.15, 0.2) is 0 Å². The average molecular weight is 268 g/mol. The summed E-state index contributed by atoms with van der Waals surface area (Å²) in [6.07, 6.45) is 5.93. The highest BCUT2D eigenvalue weighted by molar-refractivity contribution is 5.31. The molecule has 1 aromatic carbocycles. The first-order valence-electron chi connectivity index (χ1n) is 7.22. The molecule has 0 amide bonds. The Hall–Kier alpha value is -1.71. The van der Waals surface area contributed by atoms with Gasteiger partial charge in [-0.25, -0.2) is 0 Å². The number of nitrogens with zero attached hydrogens (tertiary/aromatic N) is 1. The van der Waals surface area contributed by atoms with E-state index in [2.05, 4.69) is 46.7 Å². The molecule has 2 aromatic rings. The highest BCUT2D eigenvalue weighted by atomic mass is 16.5. The molecule has 0 saturated heterocycles. The van der Waals surface area contributed by atoms with Gasteiger partial charge in [-0.2, -0.15) is 0 Å². The van der Waals surface area contributed by atoms with Crippen molar-refractivity contribution in [2.75, 3.05) is 19.7 Å². The molecule has 1 N–H and O–H groups in total. The number of hydrogen-bond donors (Lipinski definition) is 1. The molecule has 3 nitrogen and oxygen atoms in total. The zero-order valence-electron chi connectivity index (χ0n) is 11.6. The number of fused-ring (bicyclic) bond motifs is 1. The van der Waals surface area contributed by atoms with Crippen LogP contribution in [-0.4, -0.2) is 24.7 Å². The first-order chi connectivity index (χ1) is 9.93. The van der Waals surface area contributed by atoms with Crippen LogP contribution < -0.4 is 5.32 Å². The third kappa shape index (κ3) is 3.24. The number of hydrogen-bond acceptors (Lipinski definition) is 3. The van der Waals surface area contributed by atoms with E-state index in [1.165, 1.54) is 16.7 Å². The van der Waals surface area contributed by atoms with Gasteiger partial charge in [-0.05, 0) is 48.2 Å². The fourth-order valence-electron chi connectivity index (χ4n) is 2.66. The normalized spacial score (nSPS) is 17.7. The van der Waals surface area contributed by atoms with Gasteiger partial charge in [-0.1, -0.05) is 24.3 Å². The second-order valence-corrected chi connectivity index (χ2v) is 5.12. The van der Waals surface area contributed by atoms with Crippen molar-refractivity contribution in [1.82, 2.24) is 10.3 Å². The van der Waals surface area contributed by atoms with Crippen molar-refractivity contribution in [3.05, 3.63) is 65.5 Å². The number of nitrogens with one attached hydrogen (secondary N) is 1. The van der Waals surface area contributed by atoms with Gasteiger partial charge in [0.05, 0.1) is 12.7 Å². The van der Waals surface area contributed by atoms with Crippen LogP contribution >= 0.6 is 0 Å². The summed E-state index contributed by atoms with van der Waals surface area (Å²) in [5.41, 5.74) is 4.09. The summed E-state index contributed by atoms with van der Waals surface area (Å²) < 4.78 is 5.88. The molecule has 1 aliphatic rings. The number of aromatic nitrogens is 1. The molecular weight excluding hydrogens is 248 g/mol. The Labute approximate surface area is 120 Å². The third-order valence-electron chi connectivity index (χ3n) is 3.76. The summed E-state index contributed by atoms with van der Waals surface area (Å²) in [4.78, 5) is 4.03. The Morgan fingerprint density at radius 3 is 2.90 bits per heavy atom. The molecule has 0 aliphatic carbocycles. The van der Waals surface area contributed by atoms with E-state index in [1.54, 1.807) is 0 Å². The lowest BCUT2D eigenvalue weighted by Gasteiger charge is -2.26. The van der Waals surface area contributed by atoms with Gasteiger partial charge < -0.3 is 10.1 Å². The van der Waals surface area contributed by atoms with E-state index < -0.39 is 0 Å². The number of ether oxygens (including phenoxy) is 1. The monoisotopic (exact) mass is 268 g/mol. The van der Waals surface area contributed by atoms with Crippen molar-refractivity contribution in [1.29, 1.82) is 0 Å². The summed E-state index contributed by atoms with van der Waals surface area (Å²) in [5.74, 6) is 0. The minimum Gasteiger partial charge on any atom is -0.372 e. The van der Waals surface area contributed by atoms with Gasteiger partial charge in [0, 0.05) is 18.9 Å². The van der Waals surface area contributed by atoms with E-state index in [4.69, 9.17) is 4.74 Å². The maximum Gasteiger partial charge on any atom is 0.0952 e. The molecule has 3 rings (SSSR count). The van der Waals surface area contributed by atoms with Crippen LogP contribution in [0.25, 0.3) is 0 Å². The molecule has 104 valence electrons. The van der Waals surface area contributed by atoms with Crippen LogP contribution in [0.4, 0.5) is 0 Å². The van der Waals surface area contributed by atoms with Gasteiger partial charge in [0.25, 0.3) is 0 Å². The highest BCUT2D eigenvalue weighted by Gasteiger charge is 2.19. The molecule has 20 heavy (non-hydrogen) atoms. The van der Waals surface area contributed by atoms with Gasteiger partial charge >= 0.3 is 0 Å². The lowest BCUT2D eigenvalue weighted by atomic mass is 9.97. The van der Waals surface area contributed by atoms with E-state index in [1.807, 2.05) is 12.4 Å². The van der Waals surface area contributed by atoms with Crippen molar-refractivity contribution in [3.8, 4) is 0 Å². The second-order valence-electron chi connectivity index (χ2n) is 5.12. The lowest BCUT2D eigenvalue weighted by molar-refractivity contribution is 0.0427. The van der Waals surface area contributed by atoms with Crippen LogP contribution in [0.2, 0.25) is 0 Å². The SMILES string of the molecule is c1ccc2c(c1)CCOC2CNCCc1ccncc1. The van der Waals surface area contributed by atoms with E-state index in [9.17, 15) is 0 Å². The molecule has 1 aromatic heterocycles. The standard InChI is InChI=1S/C17H20N2O/c1-2-4-16-15(3-1)8-12-20-17(16)13-19-11-7-14-5-9-18-10-6-14/h1-6,9-10,17,19H,7-8,11-13H2. The molecule has 1 aliphatic heterocycles. The first kappa shape index (κ1) is 13.3. The molecule has 3 heteroatoms. The Morgan fingerprint density at radius 1 is 1.15 bits per heavy atom. The molecule has 0 saturated carbocycles. The van der Waals surface area contributed by atoms with E-state index in [-0.39, 0.29) is 6.10 Å². The minimum atomic E-state index is 0.192. The van der Waals surface area contributed by atoms with Crippen LogP contribution in [0.5, 0.6) is 0 Å². The smallest absolute Gasteiger partial charge is 0.0952 e. The summed E-state index contributed by atoms with van der Waals surface area (Å²) in [6.45, 7) is 2.67. The fraction of sp³-hybridized carbons (Fsp3) is 0.353. The molecule has 0 fully saturated rings. The van der Waals surface area contributed by atoms with Gasteiger partial charge in [0.1, 0.15) is 0 Å². The summed E-state index contributed by atoms with van der Waals surface area (Å²) in [7, 11) is 0. The first-order valence-corrected chi connectivity index (χ1v) is 7.22. The average Bonchev–Trinajstić information content (AvgIpc) is 2.53. The van der Waals surface area contributed by atoms with Gasteiger partial charge in [0.2, 0.25) is 0 Å². The van der Waals surface area contributed by atoms with Gasteiger partial charge in [-0.15, -0.1) is 0 Å². The molecule has 2 heterocycles. The summed E-state index contributed by atoms with van der Waals surface area (Å²) >= 11 is 0. The molecule has 1 atom stereocenters. The molecule has 0 spiro atoms. The predicted molar refractivity (Wildman–Crippen MR) is 79.6 cm³/mol. The van der Waals surface area contributed by atoms with Crippen LogP contribution in [-0.2, 0) is 17.6 Å². The van der Waals surface area contributed by atoms with Crippen LogP contribution in [0.15, 0.2) is 48.8 Å². The maximum absolute atomic E-state index is 5.88. The Morgan fingerprint density at radius 2 is 2.00 bits per heavy atom. The molecule has 0 radical (unpaired) electrons. The lowest BCUT2D eigenvalue weighted by Crippen LogP contribution is -2.28. The number of benzene rings is 1. The third-order valence-corrected chi connectivity index (χ3v) is 3.76. The van der Waals surface area contributed by atoms with Crippen molar-refractivity contribution < 1.29 is 4.74 Å². The number of rotatable bonds is 5. The highest BCUT2D eigenvalue weighted by Crippen LogP contribution is 2.26. The Kier molecular flexibility index (Phi) is 4.41. The van der Waals surface area contributed by atoms with Crippen molar-refractivity contribution in [2.45, 2.75) is 18.9 Å². The van der Waals surface area contributed by atoms with Crippen LogP contribution in [0, 0.1) is 0 Å². The molecule has 1 unspecified atom stereocenters. The second kappa shape index (κ2) is 6.64. The Bertz CT molecular complexity index is 542. The van der Waals surface area contributed by atoms with Crippen molar-refractivity contribution >= 4 is 0 Å². The maximum atomic E-state index is 5.88. The largest absolute Gasteiger partial charge is 0.372 e. The fourth-order valence-corrected chi connectivity index (χ4v) is 2.66. The predicted octanol–water partition coefficient (Wildman–Crippen LogP) is 2.53. The van der Waals surface area contributed by atoms with Crippen molar-refractivity contribution in [3.63, 3.8) is 0 Å². The number of pyridine rings is 1. The quantitative estimate of drug-likeness (QED) is 0.846. The summed E-state index contributed by atoms with van der Waals surface area (Å²) in [5, 5.41) is 3.50. The van der Waals surface area contributed by atoms with Crippen LogP contribution in [0.1, 0.15) is 22.8 Å². The molecular formula is C17H20N2O. The Balaban J connectivity index is 1.50. The zero-order chi connectivity index (χ0) is 13.6. The zero-order valence-corrected chi connectivity index (χ0v) is 11.6. The van der Waals surface area contributed by atoms with E-state index in [0.29, 0.717) is 0 Å². The summed E-state index contributed by atoms with van der Waals surface area (Å²) in [6, 6.07) is 12.7. The van der Waals surface area contributed by atoms with Gasteiger partial charge in [-0.3, -0.25) is 4.98 Å². The van der Waals surface area contributed by atoms with E-state index >= 15 is 0 Å². The topological polar surface area (TPSA) is 34.1 Å².